The van der Waals surface area contributed by atoms with E-state index in [4.69, 9.17) is 9.88 Å². The third-order valence-electron chi connectivity index (χ3n) is 6.42. The van der Waals surface area contributed by atoms with Crippen LogP contribution in [0.1, 0.15) is 37.2 Å². The van der Waals surface area contributed by atoms with E-state index in [1.54, 1.807) is 0 Å². The molecule has 3 N–H and O–H groups in total. The van der Waals surface area contributed by atoms with Crippen molar-refractivity contribution in [1.82, 2.24) is 14.5 Å². The average molecular weight is 434 g/mol. The highest BCUT2D eigenvalue weighted by Crippen LogP contribution is 2.40. The monoisotopic (exact) mass is 433 g/mol. The summed E-state index contributed by atoms with van der Waals surface area (Å²) in [6, 6.07) is 12.4. The Morgan fingerprint density at radius 2 is 1.93 bits per heavy atom. The van der Waals surface area contributed by atoms with Gasteiger partial charge in [0, 0.05) is 38.1 Å². The summed E-state index contributed by atoms with van der Waals surface area (Å²) in [5.74, 6) is 0.354. The smallest absolute Gasteiger partial charge is 0.407 e. The Hall–Kier alpha value is -2.19. The van der Waals surface area contributed by atoms with Crippen molar-refractivity contribution in [2.45, 2.75) is 49.3 Å². The number of benzene rings is 1. The number of amides is 1. The molecule has 30 heavy (non-hydrogen) atoms. The van der Waals surface area contributed by atoms with Gasteiger partial charge in [-0.3, -0.25) is 4.90 Å². The predicted molar refractivity (Wildman–Crippen MR) is 109 cm³/mol. The summed E-state index contributed by atoms with van der Waals surface area (Å²) >= 11 is 0. The molecule has 1 aliphatic carbocycles. The van der Waals surface area contributed by atoms with Gasteiger partial charge in [-0.1, -0.05) is 30.3 Å². The fourth-order valence-corrected chi connectivity index (χ4v) is 5.41. The van der Waals surface area contributed by atoms with Crippen LogP contribution in [-0.2, 0) is 14.9 Å². The molecule has 4 rings (SSSR count). The molecule has 9 nitrogen and oxygen atoms in total. The van der Waals surface area contributed by atoms with Crippen LogP contribution in [0.5, 0.6) is 0 Å². The number of hydrogen-bond acceptors (Lipinski definition) is 6. The number of hydrogen-bond donors (Lipinski definition) is 2. The molecule has 1 aromatic carbocycles. The molecule has 1 amide bonds. The lowest BCUT2D eigenvalue weighted by Crippen LogP contribution is -2.72. The van der Waals surface area contributed by atoms with Crippen molar-refractivity contribution in [2.24, 2.45) is 5.14 Å². The quantitative estimate of drug-likeness (QED) is 0.686. The summed E-state index contributed by atoms with van der Waals surface area (Å²) in [7, 11) is -3.73. The largest absolute Gasteiger partial charge is 0.446 e. The first kappa shape index (κ1) is 21.1. The Kier molecular flexibility index (Phi) is 5.72. The molecule has 1 aromatic rings. The summed E-state index contributed by atoms with van der Waals surface area (Å²) in [5.41, 5.74) is 0.735. The van der Waals surface area contributed by atoms with Gasteiger partial charge >= 0.3 is 6.09 Å². The molecular weight excluding hydrogens is 406 g/mol. The Morgan fingerprint density at radius 1 is 1.27 bits per heavy atom. The Balaban J connectivity index is 1.23. The first-order chi connectivity index (χ1) is 14.3. The maximum Gasteiger partial charge on any atom is 0.407 e. The van der Waals surface area contributed by atoms with Crippen molar-refractivity contribution in [2.75, 3.05) is 26.2 Å². The maximum absolute atomic E-state index is 12.3. The van der Waals surface area contributed by atoms with Crippen molar-refractivity contribution < 1.29 is 17.9 Å². The van der Waals surface area contributed by atoms with Crippen LogP contribution in [-0.4, -0.2) is 67.6 Å². The van der Waals surface area contributed by atoms with Crippen LogP contribution < -0.4 is 10.5 Å². The van der Waals surface area contributed by atoms with E-state index in [1.807, 2.05) is 18.2 Å². The van der Waals surface area contributed by atoms with Crippen LogP contribution in [0.2, 0.25) is 0 Å². The second kappa shape index (κ2) is 8.15. The Bertz CT molecular complexity index is 918. The van der Waals surface area contributed by atoms with E-state index in [0.29, 0.717) is 31.8 Å². The number of rotatable bonds is 6. The molecule has 1 saturated carbocycles. The normalized spacial score (nSPS) is 26.9. The number of likely N-dealkylation sites (tertiary alicyclic amines) is 1. The number of piperidine rings is 1. The zero-order valence-corrected chi connectivity index (χ0v) is 17.6. The molecule has 0 spiro atoms. The Labute approximate surface area is 176 Å². The topological polar surface area (TPSA) is 129 Å². The summed E-state index contributed by atoms with van der Waals surface area (Å²) in [6.45, 7) is 1.75. The van der Waals surface area contributed by atoms with Crippen LogP contribution in [0.15, 0.2) is 30.3 Å². The molecule has 10 heteroatoms. The zero-order valence-electron chi connectivity index (χ0n) is 16.7. The number of nitriles is 1. The summed E-state index contributed by atoms with van der Waals surface area (Å²) in [5, 5.41) is 17.3. The molecule has 3 fully saturated rings. The van der Waals surface area contributed by atoms with E-state index >= 15 is 0 Å². The van der Waals surface area contributed by atoms with Crippen molar-refractivity contribution in [3.05, 3.63) is 35.9 Å². The number of alkyl carbamates (subject to hydrolysis) is 1. The molecular formula is C20H27N5O4S. The molecule has 162 valence electrons. The average Bonchev–Trinajstić information content (AvgIpc) is 3.44. The van der Waals surface area contributed by atoms with Crippen molar-refractivity contribution in [3.63, 3.8) is 0 Å². The number of nitrogens with one attached hydrogen (secondary N) is 1. The number of nitrogens with zero attached hydrogens (tertiary/aromatic N) is 3. The fraction of sp³-hybridized carbons (Fsp3) is 0.600. The third-order valence-corrected chi connectivity index (χ3v) is 7.40. The van der Waals surface area contributed by atoms with E-state index in [0.717, 1.165) is 6.42 Å². The lowest BCUT2D eigenvalue weighted by Gasteiger charge is -2.55. The lowest BCUT2D eigenvalue weighted by atomic mass is 9.85. The molecule has 0 radical (unpaired) electrons. The Morgan fingerprint density at radius 3 is 2.53 bits per heavy atom. The van der Waals surface area contributed by atoms with Crippen molar-refractivity contribution >= 4 is 16.3 Å². The van der Waals surface area contributed by atoms with Gasteiger partial charge in [0.2, 0.25) is 0 Å². The summed E-state index contributed by atoms with van der Waals surface area (Å²) in [6.07, 6.45) is 1.92. The number of carbonyl (C=O) groups is 1. The van der Waals surface area contributed by atoms with E-state index in [2.05, 4.69) is 28.4 Å². The minimum atomic E-state index is -3.73. The molecule has 2 atom stereocenters. The van der Waals surface area contributed by atoms with Crippen LogP contribution in [0, 0.1) is 11.3 Å². The highest BCUT2D eigenvalue weighted by molar-refractivity contribution is 7.86. The van der Waals surface area contributed by atoms with E-state index in [1.165, 1.54) is 9.87 Å². The minimum Gasteiger partial charge on any atom is -0.446 e. The lowest BCUT2D eigenvalue weighted by molar-refractivity contribution is -0.0458. The summed E-state index contributed by atoms with van der Waals surface area (Å²) in [4.78, 5) is 14.4. The predicted octanol–water partition coefficient (Wildman–Crippen LogP) is 0.905. The van der Waals surface area contributed by atoms with Gasteiger partial charge in [0.1, 0.15) is 6.10 Å². The zero-order chi connectivity index (χ0) is 21.4. The van der Waals surface area contributed by atoms with Gasteiger partial charge in [0.05, 0.1) is 18.0 Å². The van der Waals surface area contributed by atoms with Crippen LogP contribution >= 0.6 is 0 Å². The van der Waals surface area contributed by atoms with E-state index in [-0.39, 0.29) is 37.7 Å². The van der Waals surface area contributed by atoms with Gasteiger partial charge in [-0.25, -0.2) is 9.93 Å². The van der Waals surface area contributed by atoms with Crippen LogP contribution in [0.25, 0.3) is 0 Å². The number of ether oxygens (including phenoxy) is 1. The van der Waals surface area contributed by atoms with Crippen LogP contribution in [0.4, 0.5) is 4.79 Å². The van der Waals surface area contributed by atoms with E-state index in [9.17, 15) is 18.5 Å². The summed E-state index contributed by atoms with van der Waals surface area (Å²) < 4.78 is 29.8. The molecule has 0 bridgehead atoms. The van der Waals surface area contributed by atoms with Gasteiger partial charge < -0.3 is 10.1 Å². The van der Waals surface area contributed by atoms with Gasteiger partial charge in [0.15, 0.2) is 0 Å². The van der Waals surface area contributed by atoms with Crippen molar-refractivity contribution in [3.8, 4) is 6.07 Å². The first-order valence-corrected chi connectivity index (χ1v) is 11.7. The third kappa shape index (κ3) is 4.44. The second-order valence-electron chi connectivity index (χ2n) is 8.47. The number of nitrogens with two attached hydrogens (primary N) is 1. The molecule has 0 aromatic heterocycles. The maximum atomic E-state index is 12.3. The standard InChI is InChI=1S/C20H27N5O4S/c21-9-8-20(13-25(14-20)30(22,27)28)24-10-6-16(7-11-24)29-19(26)23-18-12-17(18)15-4-2-1-3-5-15/h1-5,16-18H,6-8,10-14H2,(H,23,26)(H2,22,27,28)/t17-,18-/m0/s1. The minimum absolute atomic E-state index is 0.123. The number of carbonyl (C=O) groups excluding carboxylic acids is 1. The van der Waals surface area contributed by atoms with Gasteiger partial charge in [0.25, 0.3) is 10.2 Å². The molecule has 2 saturated heterocycles. The molecule has 2 heterocycles. The van der Waals surface area contributed by atoms with Gasteiger partial charge in [-0.15, -0.1) is 0 Å². The van der Waals surface area contributed by atoms with Gasteiger partial charge in [-0.05, 0) is 24.8 Å². The fourth-order valence-electron chi connectivity index (χ4n) is 4.57. The van der Waals surface area contributed by atoms with Gasteiger partial charge in [-0.2, -0.15) is 18.0 Å². The molecule has 3 aliphatic rings. The second-order valence-corrected chi connectivity index (χ2v) is 10.0. The van der Waals surface area contributed by atoms with E-state index < -0.39 is 15.7 Å². The van der Waals surface area contributed by atoms with Crippen molar-refractivity contribution in [1.29, 1.82) is 5.26 Å². The SMILES string of the molecule is N#CCC1(N2CCC(OC(=O)N[C@H]3C[C@H]3c3ccccc3)CC2)CN(S(N)(=O)=O)C1. The highest BCUT2D eigenvalue weighted by Gasteiger charge is 2.51. The first-order valence-electron chi connectivity index (χ1n) is 10.2. The van der Waals surface area contributed by atoms with Crippen LogP contribution in [0.3, 0.4) is 0 Å². The molecule has 2 aliphatic heterocycles. The highest BCUT2D eigenvalue weighted by atomic mass is 32.2. The molecule has 0 unspecified atom stereocenters.